The van der Waals surface area contributed by atoms with Crippen LogP contribution in [0.2, 0.25) is 0 Å². The topological polar surface area (TPSA) is 35.5 Å². The van der Waals surface area contributed by atoms with Crippen molar-refractivity contribution in [3.05, 3.63) is 23.8 Å². The number of carbonyl (C=O) groups excluding carboxylic acids is 1. The first-order valence-corrected chi connectivity index (χ1v) is 5.22. The Bertz CT molecular complexity index is 356. The molecule has 0 unspecified atom stereocenters. The summed E-state index contributed by atoms with van der Waals surface area (Å²) in [5.74, 6) is 1.39. The third kappa shape index (κ3) is 2.49. The second-order valence-corrected chi connectivity index (χ2v) is 3.57. The highest BCUT2D eigenvalue weighted by Crippen LogP contribution is 2.30. The van der Waals surface area contributed by atoms with E-state index < -0.39 is 0 Å². The molecule has 1 aliphatic carbocycles. The van der Waals surface area contributed by atoms with Gasteiger partial charge in [-0.25, -0.2) is 0 Å². The summed E-state index contributed by atoms with van der Waals surface area (Å²) in [7, 11) is 0. The van der Waals surface area contributed by atoms with E-state index in [-0.39, 0.29) is 0 Å². The van der Waals surface area contributed by atoms with Crippen molar-refractivity contribution in [1.29, 1.82) is 0 Å². The summed E-state index contributed by atoms with van der Waals surface area (Å²) in [4.78, 5) is 10.7. The predicted molar refractivity (Wildman–Crippen MR) is 56.6 cm³/mol. The predicted octanol–water partition coefficient (Wildman–Crippen LogP) is 2.44. The van der Waals surface area contributed by atoms with Crippen LogP contribution in [0.15, 0.2) is 18.2 Å². The van der Waals surface area contributed by atoms with Crippen LogP contribution >= 0.6 is 0 Å². The molecule has 0 saturated heterocycles. The molecule has 0 amide bonds. The van der Waals surface area contributed by atoms with Gasteiger partial charge in [-0.15, -0.1) is 0 Å². The second-order valence-electron chi connectivity index (χ2n) is 3.57. The molecule has 0 N–H and O–H groups in total. The molecule has 3 nitrogen and oxygen atoms in total. The van der Waals surface area contributed by atoms with Crippen LogP contribution in [0.1, 0.15) is 30.1 Å². The van der Waals surface area contributed by atoms with Crippen molar-refractivity contribution in [3.63, 3.8) is 0 Å². The third-order valence-corrected chi connectivity index (χ3v) is 2.24. The zero-order valence-electron chi connectivity index (χ0n) is 8.73. The first-order valence-electron chi connectivity index (χ1n) is 5.22. The minimum Gasteiger partial charge on any atom is -0.493 e. The molecule has 0 bridgehead atoms. The molecule has 2 rings (SSSR count). The van der Waals surface area contributed by atoms with Crippen LogP contribution in [0.5, 0.6) is 11.5 Å². The number of benzene rings is 1. The highest BCUT2D eigenvalue weighted by molar-refractivity contribution is 5.79. The van der Waals surface area contributed by atoms with Gasteiger partial charge in [0.1, 0.15) is 11.5 Å². The Morgan fingerprint density at radius 2 is 2.27 bits per heavy atom. The van der Waals surface area contributed by atoms with Gasteiger partial charge in [0.2, 0.25) is 0 Å². The molecule has 1 fully saturated rings. The largest absolute Gasteiger partial charge is 0.493 e. The van der Waals surface area contributed by atoms with Crippen molar-refractivity contribution < 1.29 is 14.3 Å². The van der Waals surface area contributed by atoms with Crippen LogP contribution in [0, 0.1) is 0 Å². The van der Waals surface area contributed by atoms with E-state index in [1.165, 1.54) is 0 Å². The molecule has 0 aliphatic heterocycles. The van der Waals surface area contributed by atoms with Crippen LogP contribution in [-0.4, -0.2) is 19.0 Å². The molecule has 0 aromatic heterocycles. The van der Waals surface area contributed by atoms with Gasteiger partial charge in [-0.3, -0.25) is 4.79 Å². The molecule has 1 saturated carbocycles. The fourth-order valence-corrected chi connectivity index (χ4v) is 1.34. The van der Waals surface area contributed by atoms with Gasteiger partial charge < -0.3 is 9.47 Å². The number of hydrogen-bond acceptors (Lipinski definition) is 3. The van der Waals surface area contributed by atoms with E-state index in [0.717, 1.165) is 24.9 Å². The molecule has 1 aliphatic rings. The van der Waals surface area contributed by atoms with E-state index in [4.69, 9.17) is 9.47 Å². The van der Waals surface area contributed by atoms with Crippen LogP contribution in [0.4, 0.5) is 0 Å². The molecule has 0 spiro atoms. The summed E-state index contributed by atoms with van der Waals surface area (Å²) in [6.45, 7) is 2.44. The lowest BCUT2D eigenvalue weighted by atomic mass is 10.2. The number of hydrogen-bond donors (Lipinski definition) is 0. The van der Waals surface area contributed by atoms with Crippen molar-refractivity contribution in [2.75, 3.05) is 6.61 Å². The summed E-state index contributed by atoms with van der Waals surface area (Å²) in [6.07, 6.45) is 3.41. The molecule has 1 aromatic rings. The van der Waals surface area contributed by atoms with Crippen molar-refractivity contribution >= 4 is 6.29 Å². The summed E-state index contributed by atoms with van der Waals surface area (Å²) in [5, 5.41) is 0. The second kappa shape index (κ2) is 4.34. The molecule has 0 radical (unpaired) electrons. The maximum Gasteiger partial charge on any atom is 0.153 e. The van der Waals surface area contributed by atoms with Gasteiger partial charge in [0.25, 0.3) is 0 Å². The minimum atomic E-state index is 0.363. The normalized spacial score (nSPS) is 14.7. The van der Waals surface area contributed by atoms with Crippen LogP contribution in [-0.2, 0) is 0 Å². The van der Waals surface area contributed by atoms with Gasteiger partial charge in [0.15, 0.2) is 6.29 Å². The number of aldehydes is 1. The summed E-state index contributed by atoms with van der Waals surface area (Å²) in [6, 6.07) is 5.33. The molecule has 80 valence electrons. The summed E-state index contributed by atoms with van der Waals surface area (Å²) in [5.41, 5.74) is 0.569. The van der Waals surface area contributed by atoms with Gasteiger partial charge in [0, 0.05) is 6.07 Å². The van der Waals surface area contributed by atoms with Crippen LogP contribution < -0.4 is 9.47 Å². The Labute approximate surface area is 89.0 Å². The Kier molecular flexibility index (Phi) is 2.90. The zero-order chi connectivity index (χ0) is 10.7. The van der Waals surface area contributed by atoms with E-state index in [2.05, 4.69) is 0 Å². The summed E-state index contributed by atoms with van der Waals surface area (Å²) >= 11 is 0. The van der Waals surface area contributed by atoms with Gasteiger partial charge in [-0.2, -0.15) is 0 Å². The van der Waals surface area contributed by atoms with Crippen LogP contribution in [0.25, 0.3) is 0 Å². The number of rotatable bonds is 5. The number of ether oxygens (including phenoxy) is 2. The average Bonchev–Trinajstić information content (AvgIpc) is 3.03. The van der Waals surface area contributed by atoms with E-state index in [1.807, 2.05) is 13.0 Å². The summed E-state index contributed by atoms with van der Waals surface area (Å²) < 4.78 is 11.0. The average molecular weight is 206 g/mol. The zero-order valence-corrected chi connectivity index (χ0v) is 8.73. The van der Waals surface area contributed by atoms with Gasteiger partial charge >= 0.3 is 0 Å². The van der Waals surface area contributed by atoms with E-state index in [0.29, 0.717) is 24.0 Å². The fraction of sp³-hybridized carbons (Fsp3) is 0.417. The Morgan fingerprint density at radius 3 is 2.87 bits per heavy atom. The maximum atomic E-state index is 10.7. The molecule has 15 heavy (non-hydrogen) atoms. The monoisotopic (exact) mass is 206 g/mol. The standard InChI is InChI=1S/C12H14O3/c1-2-14-12-7-11(15-10-5-6-10)4-3-9(12)8-13/h3-4,7-8,10H,2,5-6H2,1H3. The van der Waals surface area contributed by atoms with Crippen molar-refractivity contribution in [1.82, 2.24) is 0 Å². The lowest BCUT2D eigenvalue weighted by Gasteiger charge is -2.09. The fourth-order valence-electron chi connectivity index (χ4n) is 1.34. The molecule has 3 heteroatoms. The Balaban J connectivity index is 2.18. The SMILES string of the molecule is CCOc1cc(OC2CC2)ccc1C=O. The van der Waals surface area contributed by atoms with Gasteiger partial charge in [0.05, 0.1) is 18.3 Å². The Morgan fingerprint density at radius 1 is 1.47 bits per heavy atom. The quantitative estimate of drug-likeness (QED) is 0.694. The van der Waals surface area contributed by atoms with E-state index in [9.17, 15) is 4.79 Å². The minimum absolute atomic E-state index is 0.363. The van der Waals surface area contributed by atoms with Crippen molar-refractivity contribution in [2.24, 2.45) is 0 Å². The lowest BCUT2D eigenvalue weighted by molar-refractivity contribution is 0.112. The molecule has 0 atom stereocenters. The van der Waals surface area contributed by atoms with Gasteiger partial charge in [-0.1, -0.05) is 0 Å². The Hall–Kier alpha value is -1.51. The highest BCUT2D eigenvalue weighted by atomic mass is 16.5. The van der Waals surface area contributed by atoms with E-state index >= 15 is 0 Å². The van der Waals surface area contributed by atoms with Gasteiger partial charge in [-0.05, 0) is 31.9 Å². The highest BCUT2D eigenvalue weighted by Gasteiger charge is 2.23. The molecular formula is C12H14O3. The smallest absolute Gasteiger partial charge is 0.153 e. The van der Waals surface area contributed by atoms with E-state index in [1.54, 1.807) is 12.1 Å². The third-order valence-electron chi connectivity index (χ3n) is 2.24. The van der Waals surface area contributed by atoms with Crippen molar-refractivity contribution in [3.8, 4) is 11.5 Å². The molecular weight excluding hydrogens is 192 g/mol. The van der Waals surface area contributed by atoms with Crippen LogP contribution in [0.3, 0.4) is 0 Å². The lowest BCUT2D eigenvalue weighted by Crippen LogP contribution is -1.99. The van der Waals surface area contributed by atoms with Crippen molar-refractivity contribution in [2.45, 2.75) is 25.9 Å². The molecule has 0 heterocycles. The maximum absolute atomic E-state index is 10.7. The molecule has 1 aromatic carbocycles. The number of carbonyl (C=O) groups is 1. The first kappa shape index (κ1) is 10.0. The first-order chi connectivity index (χ1) is 7.33.